The first-order valence-electron chi connectivity index (χ1n) is 12.0. The smallest absolute Gasteiger partial charge is 0.245 e. The van der Waals surface area contributed by atoms with Crippen LogP contribution >= 0.6 is 0 Å². The van der Waals surface area contributed by atoms with Crippen molar-refractivity contribution in [2.24, 2.45) is 7.05 Å². The number of aryl methyl sites for hydroxylation is 1. The number of aromatic hydroxyl groups is 1. The van der Waals surface area contributed by atoms with Gasteiger partial charge in [0.05, 0.1) is 23.6 Å². The zero-order valence-electron chi connectivity index (χ0n) is 21.2. The van der Waals surface area contributed by atoms with Crippen LogP contribution in [0.15, 0.2) is 48.9 Å². The number of fused-ring (bicyclic) bond motifs is 1. The van der Waals surface area contributed by atoms with E-state index in [4.69, 9.17) is 0 Å². The molecule has 182 valence electrons. The van der Waals surface area contributed by atoms with Gasteiger partial charge in [-0.2, -0.15) is 0 Å². The van der Waals surface area contributed by atoms with Crippen molar-refractivity contribution in [3.8, 4) is 28.1 Å². The molecule has 0 bridgehead atoms. The topological polar surface area (TPSA) is 92.0 Å². The van der Waals surface area contributed by atoms with E-state index >= 15 is 0 Å². The van der Waals surface area contributed by atoms with E-state index < -0.39 is 0 Å². The van der Waals surface area contributed by atoms with Crippen LogP contribution in [-0.4, -0.2) is 54.0 Å². The van der Waals surface area contributed by atoms with Crippen LogP contribution in [0.3, 0.4) is 0 Å². The number of phenolic OH excluding ortho intramolecular Hbond substituents is 1. The SMILES string of the molecule is CN(c1ncc(-c2ccc(-c3ccc4ncn(C)c4c3)cc2O)nn1)C1CC(C)(C)NC(C)(C)C1. The maximum Gasteiger partial charge on any atom is 0.245 e. The van der Waals surface area contributed by atoms with E-state index in [1.54, 1.807) is 18.6 Å². The first-order valence-corrected chi connectivity index (χ1v) is 12.0. The second kappa shape index (κ2) is 8.30. The van der Waals surface area contributed by atoms with Gasteiger partial charge in [0.15, 0.2) is 0 Å². The van der Waals surface area contributed by atoms with E-state index in [-0.39, 0.29) is 16.8 Å². The molecule has 2 N–H and O–H groups in total. The molecule has 0 unspecified atom stereocenters. The van der Waals surface area contributed by atoms with Crippen LogP contribution in [0.4, 0.5) is 5.95 Å². The molecule has 1 aliphatic heterocycles. The lowest BCUT2D eigenvalue weighted by atomic mass is 9.79. The number of hydrogen-bond acceptors (Lipinski definition) is 7. The Balaban J connectivity index is 1.37. The number of benzene rings is 2. The molecule has 2 aromatic carbocycles. The van der Waals surface area contributed by atoms with Crippen LogP contribution in [0, 0.1) is 0 Å². The first-order chi connectivity index (χ1) is 16.5. The summed E-state index contributed by atoms with van der Waals surface area (Å²) < 4.78 is 1.98. The molecule has 1 fully saturated rings. The normalized spacial score (nSPS) is 17.5. The minimum atomic E-state index is 0.0306. The molecule has 0 aliphatic carbocycles. The molecule has 2 aromatic heterocycles. The Morgan fingerprint density at radius 3 is 2.31 bits per heavy atom. The number of imidazole rings is 1. The second-order valence-corrected chi connectivity index (χ2v) is 11.0. The molecular formula is C27H33N7O. The average Bonchev–Trinajstić information content (AvgIpc) is 3.17. The van der Waals surface area contributed by atoms with Crippen LogP contribution in [0.1, 0.15) is 40.5 Å². The zero-order chi connectivity index (χ0) is 25.0. The van der Waals surface area contributed by atoms with E-state index in [2.05, 4.69) is 64.1 Å². The van der Waals surface area contributed by atoms with Crippen LogP contribution in [0.5, 0.6) is 5.75 Å². The van der Waals surface area contributed by atoms with Crippen molar-refractivity contribution in [3.05, 3.63) is 48.9 Å². The minimum absolute atomic E-state index is 0.0306. The predicted molar refractivity (Wildman–Crippen MR) is 139 cm³/mol. The number of piperidine rings is 1. The van der Waals surface area contributed by atoms with Crippen molar-refractivity contribution in [2.75, 3.05) is 11.9 Å². The molecule has 0 saturated carbocycles. The van der Waals surface area contributed by atoms with Gasteiger partial charge in [0.1, 0.15) is 11.4 Å². The van der Waals surface area contributed by atoms with Crippen molar-refractivity contribution >= 4 is 17.0 Å². The third-order valence-electron chi connectivity index (χ3n) is 6.91. The zero-order valence-corrected chi connectivity index (χ0v) is 21.2. The number of phenols is 1. The number of rotatable bonds is 4. The van der Waals surface area contributed by atoms with Gasteiger partial charge in [-0.25, -0.2) is 9.97 Å². The lowest BCUT2D eigenvalue weighted by Gasteiger charge is -2.48. The van der Waals surface area contributed by atoms with Crippen molar-refractivity contribution in [3.63, 3.8) is 0 Å². The van der Waals surface area contributed by atoms with E-state index in [9.17, 15) is 5.11 Å². The molecule has 1 aliphatic rings. The standard InChI is InChI=1S/C27H33N7O/c1-26(2)13-19(14-27(3,4)32-26)34(6)25-28-15-22(30-31-25)20-9-7-18(12-24(20)35)17-8-10-21-23(11-17)33(5)16-29-21/h7-12,15-16,19,32,35H,13-14H2,1-6H3. The van der Waals surface area contributed by atoms with Gasteiger partial charge in [-0.1, -0.05) is 12.1 Å². The highest BCUT2D eigenvalue weighted by molar-refractivity contribution is 5.83. The molecule has 0 spiro atoms. The van der Waals surface area contributed by atoms with Gasteiger partial charge in [0.25, 0.3) is 0 Å². The summed E-state index contributed by atoms with van der Waals surface area (Å²) in [5.41, 5.74) is 5.13. The van der Waals surface area contributed by atoms with Gasteiger partial charge in [0, 0.05) is 36.8 Å². The fraction of sp³-hybridized carbons (Fsp3) is 0.407. The fourth-order valence-corrected chi connectivity index (χ4v) is 5.49. The van der Waals surface area contributed by atoms with E-state index in [0.29, 0.717) is 23.2 Å². The minimum Gasteiger partial charge on any atom is -0.507 e. The van der Waals surface area contributed by atoms with Crippen molar-refractivity contribution in [2.45, 2.75) is 57.7 Å². The molecule has 8 heteroatoms. The number of hydrogen-bond donors (Lipinski definition) is 2. The summed E-state index contributed by atoms with van der Waals surface area (Å²) in [6.07, 6.45) is 5.47. The number of anilines is 1. The quantitative estimate of drug-likeness (QED) is 0.451. The van der Waals surface area contributed by atoms with Crippen LogP contribution < -0.4 is 10.2 Å². The average molecular weight is 472 g/mol. The van der Waals surface area contributed by atoms with Gasteiger partial charge in [-0.3, -0.25) is 0 Å². The Bertz CT molecular complexity index is 1360. The van der Waals surface area contributed by atoms with Gasteiger partial charge in [-0.15, -0.1) is 10.2 Å². The molecule has 3 heterocycles. The van der Waals surface area contributed by atoms with Crippen LogP contribution in [0.2, 0.25) is 0 Å². The van der Waals surface area contributed by atoms with Crippen LogP contribution in [0.25, 0.3) is 33.4 Å². The summed E-state index contributed by atoms with van der Waals surface area (Å²) in [6, 6.07) is 12.0. The Hall–Kier alpha value is -3.52. The summed E-state index contributed by atoms with van der Waals surface area (Å²) in [7, 11) is 4.00. The highest BCUT2D eigenvalue weighted by atomic mass is 16.3. The summed E-state index contributed by atoms with van der Waals surface area (Å²) in [5.74, 6) is 0.736. The largest absolute Gasteiger partial charge is 0.507 e. The third-order valence-corrected chi connectivity index (χ3v) is 6.91. The molecule has 0 atom stereocenters. The van der Waals surface area contributed by atoms with E-state index in [1.807, 2.05) is 42.9 Å². The maximum absolute atomic E-state index is 10.8. The summed E-state index contributed by atoms with van der Waals surface area (Å²) in [5, 5.41) is 23.3. The molecule has 1 saturated heterocycles. The fourth-order valence-electron chi connectivity index (χ4n) is 5.49. The number of nitrogens with one attached hydrogen (secondary N) is 1. The van der Waals surface area contributed by atoms with Gasteiger partial charge in [0.2, 0.25) is 5.95 Å². The molecule has 5 rings (SSSR count). The predicted octanol–water partition coefficient (Wildman–Crippen LogP) is 4.54. The lowest BCUT2D eigenvalue weighted by Crippen LogP contribution is -2.62. The molecule has 0 radical (unpaired) electrons. The highest BCUT2D eigenvalue weighted by Crippen LogP contribution is 2.34. The van der Waals surface area contributed by atoms with Gasteiger partial charge in [-0.05, 0) is 75.9 Å². The summed E-state index contributed by atoms with van der Waals surface area (Å²) in [6.45, 7) is 8.94. The molecule has 0 amide bonds. The Morgan fingerprint density at radius 2 is 1.66 bits per heavy atom. The molecular weight excluding hydrogens is 438 g/mol. The Labute approximate surface area is 206 Å². The second-order valence-electron chi connectivity index (χ2n) is 11.0. The first kappa shape index (κ1) is 23.2. The summed E-state index contributed by atoms with van der Waals surface area (Å²) >= 11 is 0. The van der Waals surface area contributed by atoms with E-state index in [0.717, 1.165) is 35.0 Å². The Morgan fingerprint density at radius 1 is 0.971 bits per heavy atom. The third kappa shape index (κ3) is 4.58. The Kier molecular flexibility index (Phi) is 5.51. The van der Waals surface area contributed by atoms with Crippen molar-refractivity contribution in [1.29, 1.82) is 0 Å². The lowest BCUT2D eigenvalue weighted by molar-refractivity contribution is 0.160. The maximum atomic E-state index is 10.8. The number of aromatic nitrogens is 5. The summed E-state index contributed by atoms with van der Waals surface area (Å²) in [4.78, 5) is 11.1. The monoisotopic (exact) mass is 471 g/mol. The van der Waals surface area contributed by atoms with E-state index in [1.165, 1.54) is 0 Å². The molecule has 35 heavy (non-hydrogen) atoms. The highest BCUT2D eigenvalue weighted by Gasteiger charge is 2.39. The van der Waals surface area contributed by atoms with Gasteiger partial charge >= 0.3 is 0 Å². The van der Waals surface area contributed by atoms with Crippen molar-refractivity contribution in [1.82, 2.24) is 30.0 Å². The number of nitrogens with zero attached hydrogens (tertiary/aromatic N) is 6. The van der Waals surface area contributed by atoms with Crippen molar-refractivity contribution < 1.29 is 5.11 Å². The molecule has 4 aromatic rings. The van der Waals surface area contributed by atoms with Gasteiger partial charge < -0.3 is 19.9 Å². The molecule has 8 nitrogen and oxygen atoms in total. The van der Waals surface area contributed by atoms with Crippen LogP contribution in [-0.2, 0) is 7.05 Å².